The van der Waals surface area contributed by atoms with Crippen LogP contribution in [-0.4, -0.2) is 32.8 Å². The van der Waals surface area contributed by atoms with Crippen LogP contribution in [0.15, 0.2) is 53.6 Å². The van der Waals surface area contributed by atoms with E-state index < -0.39 is 0 Å². The average Bonchev–Trinajstić information content (AvgIpc) is 3.01. The molecule has 152 valence electrons. The van der Waals surface area contributed by atoms with Gasteiger partial charge in [-0.2, -0.15) is 9.78 Å². The Morgan fingerprint density at radius 1 is 1.17 bits per heavy atom. The number of carbonyl (C=O) groups excluding carboxylic acids is 1. The number of aryl methyl sites for hydroxylation is 1. The maximum atomic E-state index is 13.0. The fourth-order valence-electron chi connectivity index (χ4n) is 3.16. The first kappa shape index (κ1) is 19.6. The summed E-state index contributed by atoms with van der Waals surface area (Å²) in [7, 11) is 0. The minimum Gasteiger partial charge on any atom is -0.383 e. The number of nitrogens with zero attached hydrogens (tertiary/aromatic N) is 4. The number of anilines is 1. The van der Waals surface area contributed by atoms with E-state index in [4.69, 9.17) is 10.7 Å². The van der Waals surface area contributed by atoms with Crippen LogP contribution in [0.1, 0.15) is 41.8 Å². The van der Waals surface area contributed by atoms with Gasteiger partial charge in [-0.15, -0.1) is 0 Å². The molecule has 0 saturated carbocycles. The van der Waals surface area contributed by atoms with E-state index >= 15 is 0 Å². The highest BCUT2D eigenvalue weighted by atomic mass is 16.1. The number of amides is 1. The molecular weight excluding hydrogens is 376 g/mol. The number of rotatable bonds is 5. The first-order valence-electron chi connectivity index (χ1n) is 9.96. The fraction of sp³-hybridized carbons (Fsp3) is 0.217. The molecule has 0 spiro atoms. The third-order valence-corrected chi connectivity index (χ3v) is 5.09. The van der Waals surface area contributed by atoms with E-state index in [9.17, 15) is 4.79 Å². The van der Waals surface area contributed by atoms with E-state index in [0.717, 1.165) is 12.0 Å². The zero-order chi connectivity index (χ0) is 21.3. The van der Waals surface area contributed by atoms with Crippen molar-refractivity contribution in [2.75, 3.05) is 5.73 Å². The van der Waals surface area contributed by atoms with Crippen LogP contribution < -0.4 is 11.1 Å². The van der Waals surface area contributed by atoms with Crippen molar-refractivity contribution in [1.29, 1.82) is 0 Å². The van der Waals surface area contributed by atoms with Gasteiger partial charge in [0.15, 0.2) is 5.65 Å². The minimum atomic E-state index is -0.277. The summed E-state index contributed by atoms with van der Waals surface area (Å²) in [5, 5.41) is 7.50. The highest BCUT2D eigenvalue weighted by molar-refractivity contribution is 6.10. The molecule has 7 heteroatoms. The van der Waals surface area contributed by atoms with Gasteiger partial charge < -0.3 is 11.1 Å². The van der Waals surface area contributed by atoms with Crippen LogP contribution in [0, 0.1) is 6.92 Å². The third kappa shape index (κ3) is 3.61. The number of aromatic nitrogens is 3. The number of hydrogen-bond donors (Lipinski definition) is 2. The lowest BCUT2D eigenvalue weighted by Gasteiger charge is -2.11. The van der Waals surface area contributed by atoms with Crippen molar-refractivity contribution in [3.05, 3.63) is 65.2 Å². The molecule has 0 saturated heterocycles. The van der Waals surface area contributed by atoms with E-state index in [-0.39, 0.29) is 17.8 Å². The Labute approximate surface area is 174 Å². The number of nitrogen functional groups attached to an aromatic ring is 1. The van der Waals surface area contributed by atoms with E-state index in [0.29, 0.717) is 27.8 Å². The molecule has 0 aliphatic carbocycles. The second-order valence-corrected chi connectivity index (χ2v) is 7.39. The van der Waals surface area contributed by atoms with Gasteiger partial charge >= 0.3 is 0 Å². The second-order valence-electron chi connectivity index (χ2n) is 7.39. The number of hydrogen-bond acceptors (Lipinski definition) is 5. The Bertz CT molecular complexity index is 1260. The molecule has 0 fully saturated rings. The summed E-state index contributed by atoms with van der Waals surface area (Å²) in [6, 6.07) is 15.5. The molecule has 2 heterocycles. The van der Waals surface area contributed by atoms with Gasteiger partial charge in [0, 0.05) is 6.04 Å². The molecule has 0 bridgehead atoms. The normalized spacial score (nSPS) is 12.6. The van der Waals surface area contributed by atoms with Crippen LogP contribution in [0.2, 0.25) is 0 Å². The molecule has 4 rings (SSSR count). The molecule has 7 nitrogen and oxygen atoms in total. The lowest BCUT2D eigenvalue weighted by molar-refractivity contribution is 0.0941. The molecule has 0 aliphatic heterocycles. The number of carbonyl (C=O) groups is 1. The molecule has 2 aromatic heterocycles. The van der Waals surface area contributed by atoms with Crippen LogP contribution in [0.5, 0.6) is 0 Å². The van der Waals surface area contributed by atoms with Gasteiger partial charge in [0.25, 0.3) is 5.91 Å². The van der Waals surface area contributed by atoms with Gasteiger partial charge in [0.2, 0.25) is 0 Å². The first-order valence-corrected chi connectivity index (χ1v) is 9.96. The maximum absolute atomic E-state index is 13.0. The molecule has 0 aliphatic rings. The predicted octanol–water partition coefficient (Wildman–Crippen LogP) is 3.89. The Morgan fingerprint density at radius 3 is 2.50 bits per heavy atom. The molecule has 2 aromatic carbocycles. The van der Waals surface area contributed by atoms with Crippen molar-refractivity contribution in [2.24, 2.45) is 5.10 Å². The Kier molecular flexibility index (Phi) is 5.18. The van der Waals surface area contributed by atoms with Crippen LogP contribution in [0.3, 0.4) is 0 Å². The van der Waals surface area contributed by atoms with Crippen LogP contribution in [0.25, 0.3) is 22.2 Å². The molecule has 3 N–H and O–H groups in total. The topological polar surface area (TPSA) is 98.2 Å². The highest BCUT2D eigenvalue weighted by Gasteiger charge is 2.24. The van der Waals surface area contributed by atoms with Gasteiger partial charge in [-0.25, -0.2) is 9.97 Å². The monoisotopic (exact) mass is 400 g/mol. The summed E-state index contributed by atoms with van der Waals surface area (Å²) in [6.07, 6.45) is 2.51. The molecule has 1 atom stereocenters. The summed E-state index contributed by atoms with van der Waals surface area (Å²) in [5.74, 6) is -0.0646. The molecule has 0 radical (unpaired) electrons. The van der Waals surface area contributed by atoms with Gasteiger partial charge in [0.05, 0.1) is 17.2 Å². The quantitative estimate of drug-likeness (QED) is 0.497. The summed E-state index contributed by atoms with van der Waals surface area (Å²) in [6.45, 7) is 5.99. The standard InChI is InChI=1S/C23H24N6O/c1-4-15(3)26-23(30)19-20-22(28-18-8-6-5-7-17(18)27-20)29(21(19)24)25-13-16-11-9-14(2)10-12-16/h5-13,15H,4,24H2,1-3H3,(H,26,30)/b25-13-/t15-/m0/s1. The van der Waals surface area contributed by atoms with Crippen molar-refractivity contribution in [1.82, 2.24) is 20.0 Å². The zero-order valence-corrected chi connectivity index (χ0v) is 17.3. The van der Waals surface area contributed by atoms with Crippen molar-refractivity contribution in [3.63, 3.8) is 0 Å². The maximum Gasteiger partial charge on any atom is 0.257 e. The van der Waals surface area contributed by atoms with Crippen molar-refractivity contribution < 1.29 is 4.79 Å². The van der Waals surface area contributed by atoms with Crippen LogP contribution in [-0.2, 0) is 0 Å². The summed E-state index contributed by atoms with van der Waals surface area (Å²) in [4.78, 5) is 22.4. The lowest BCUT2D eigenvalue weighted by Crippen LogP contribution is -2.32. The van der Waals surface area contributed by atoms with Crippen molar-refractivity contribution in [3.8, 4) is 0 Å². The van der Waals surface area contributed by atoms with Gasteiger partial charge in [-0.05, 0) is 38.0 Å². The Morgan fingerprint density at radius 2 is 1.83 bits per heavy atom. The van der Waals surface area contributed by atoms with Crippen molar-refractivity contribution >= 4 is 40.1 Å². The molecular formula is C23H24N6O. The van der Waals surface area contributed by atoms with E-state index in [1.165, 1.54) is 10.2 Å². The first-order chi connectivity index (χ1) is 14.5. The second kappa shape index (κ2) is 7.94. The minimum absolute atomic E-state index is 0.0137. The van der Waals surface area contributed by atoms with Crippen LogP contribution >= 0.6 is 0 Å². The number of nitrogens with two attached hydrogens (primary N) is 1. The summed E-state index contributed by atoms with van der Waals surface area (Å²) in [5.41, 5.74) is 11.1. The van der Waals surface area contributed by atoms with E-state index in [1.54, 1.807) is 6.21 Å². The number of benzene rings is 2. The molecule has 30 heavy (non-hydrogen) atoms. The van der Waals surface area contributed by atoms with E-state index in [2.05, 4.69) is 15.4 Å². The molecule has 4 aromatic rings. The third-order valence-electron chi connectivity index (χ3n) is 5.09. The highest BCUT2D eigenvalue weighted by Crippen LogP contribution is 2.28. The SMILES string of the molecule is CC[C@H](C)NC(=O)c1c(N)n(/N=C\c2ccc(C)cc2)c2nc3ccccc3nc12. The van der Waals surface area contributed by atoms with Gasteiger partial charge in [-0.1, -0.05) is 48.9 Å². The Hall–Kier alpha value is -3.74. The fourth-order valence-corrected chi connectivity index (χ4v) is 3.16. The number of fused-ring (bicyclic) bond motifs is 2. The zero-order valence-electron chi connectivity index (χ0n) is 17.3. The summed E-state index contributed by atoms with van der Waals surface area (Å²) < 4.78 is 1.49. The molecule has 0 unspecified atom stereocenters. The Balaban J connectivity index is 1.89. The average molecular weight is 400 g/mol. The number of para-hydroxylation sites is 2. The largest absolute Gasteiger partial charge is 0.383 e. The predicted molar refractivity (Wildman–Crippen MR) is 121 cm³/mol. The lowest BCUT2D eigenvalue weighted by atomic mass is 10.2. The molecule has 1 amide bonds. The van der Waals surface area contributed by atoms with Gasteiger partial charge in [0.1, 0.15) is 16.9 Å². The smallest absolute Gasteiger partial charge is 0.257 e. The van der Waals surface area contributed by atoms with Crippen LogP contribution in [0.4, 0.5) is 5.82 Å². The van der Waals surface area contributed by atoms with Crippen molar-refractivity contribution in [2.45, 2.75) is 33.2 Å². The van der Waals surface area contributed by atoms with Gasteiger partial charge in [-0.3, -0.25) is 4.79 Å². The number of nitrogens with one attached hydrogen (secondary N) is 1. The van der Waals surface area contributed by atoms with E-state index in [1.807, 2.05) is 69.3 Å². The summed E-state index contributed by atoms with van der Waals surface area (Å²) >= 11 is 0.